The van der Waals surface area contributed by atoms with E-state index in [0.717, 1.165) is 18.3 Å². The third kappa shape index (κ3) is 5.34. The molecule has 144 valence electrons. The van der Waals surface area contributed by atoms with Crippen molar-refractivity contribution in [1.29, 1.82) is 0 Å². The first-order valence-electron chi connectivity index (χ1n) is 11.1. The van der Waals surface area contributed by atoms with Gasteiger partial charge in [0.2, 0.25) is 0 Å². The van der Waals surface area contributed by atoms with Crippen LogP contribution in [0, 0.1) is 11.8 Å². The molecule has 0 saturated carbocycles. The van der Waals surface area contributed by atoms with Gasteiger partial charge in [0.1, 0.15) is 0 Å². The highest BCUT2D eigenvalue weighted by Crippen LogP contribution is 2.36. The van der Waals surface area contributed by atoms with Crippen molar-refractivity contribution >= 4 is 5.57 Å². The molecule has 0 saturated heterocycles. The van der Waals surface area contributed by atoms with Gasteiger partial charge in [-0.05, 0) is 65.3 Å². The second kappa shape index (κ2) is 9.93. The molecule has 0 radical (unpaired) electrons. The molecule has 0 bridgehead atoms. The fourth-order valence-electron chi connectivity index (χ4n) is 4.40. The monoisotopic (exact) mass is 360 g/mol. The second-order valence-corrected chi connectivity index (χ2v) is 8.36. The minimum absolute atomic E-state index is 0.878. The van der Waals surface area contributed by atoms with E-state index in [1.54, 1.807) is 5.57 Å². The zero-order valence-electron chi connectivity index (χ0n) is 17.5. The summed E-state index contributed by atoms with van der Waals surface area (Å²) in [6.45, 7) is 6.97. The fourth-order valence-corrected chi connectivity index (χ4v) is 4.40. The van der Waals surface area contributed by atoms with Crippen molar-refractivity contribution in [3.63, 3.8) is 0 Å². The van der Waals surface area contributed by atoms with Crippen LogP contribution in [0.2, 0.25) is 0 Å². The van der Waals surface area contributed by atoms with E-state index in [-0.39, 0.29) is 0 Å². The summed E-state index contributed by atoms with van der Waals surface area (Å²) in [5.74, 6) is 1.77. The molecule has 0 N–H and O–H groups in total. The first-order chi connectivity index (χ1) is 13.2. The SMILES string of the molecule is CCCCCC(C)C1CC=C(c2ccc(-c3ccc(CC)cc3)cc2)CC1. The van der Waals surface area contributed by atoms with Crippen LogP contribution in [-0.2, 0) is 6.42 Å². The first kappa shape index (κ1) is 19.9. The molecular weight excluding hydrogens is 324 g/mol. The minimum Gasteiger partial charge on any atom is -0.0804 e. The smallest absolute Gasteiger partial charge is 0.0184 e. The van der Waals surface area contributed by atoms with Crippen molar-refractivity contribution in [2.75, 3.05) is 0 Å². The predicted octanol–water partition coefficient (Wildman–Crippen LogP) is 8.32. The van der Waals surface area contributed by atoms with Crippen LogP contribution >= 0.6 is 0 Å². The first-order valence-corrected chi connectivity index (χ1v) is 11.1. The molecule has 1 aliphatic rings. The molecule has 0 aliphatic heterocycles. The quantitative estimate of drug-likeness (QED) is 0.415. The summed E-state index contributed by atoms with van der Waals surface area (Å²) in [7, 11) is 0. The number of unbranched alkanes of at least 4 members (excludes halogenated alkanes) is 2. The summed E-state index contributed by atoms with van der Waals surface area (Å²) < 4.78 is 0. The number of aryl methyl sites for hydroxylation is 1. The highest BCUT2D eigenvalue weighted by molar-refractivity contribution is 5.71. The standard InChI is InChI=1S/C27H36/c1-4-6-7-8-21(3)23-13-15-25(16-14-23)27-19-17-26(18-20-27)24-11-9-22(5-2)10-12-24/h9-12,15,17-21,23H,4-8,13-14,16H2,1-3H3. The molecule has 0 fully saturated rings. The largest absolute Gasteiger partial charge is 0.0804 e. The number of benzene rings is 2. The highest BCUT2D eigenvalue weighted by atomic mass is 14.3. The van der Waals surface area contributed by atoms with E-state index in [9.17, 15) is 0 Å². The summed E-state index contributed by atoms with van der Waals surface area (Å²) >= 11 is 0. The maximum absolute atomic E-state index is 2.52. The van der Waals surface area contributed by atoms with Gasteiger partial charge in [-0.3, -0.25) is 0 Å². The number of hydrogen-bond donors (Lipinski definition) is 0. The Labute approximate surface area is 166 Å². The van der Waals surface area contributed by atoms with Crippen LogP contribution in [0.15, 0.2) is 54.6 Å². The normalized spacial score (nSPS) is 18.2. The zero-order chi connectivity index (χ0) is 19.1. The van der Waals surface area contributed by atoms with Gasteiger partial charge in [-0.25, -0.2) is 0 Å². The molecule has 2 aromatic rings. The summed E-state index contributed by atoms with van der Waals surface area (Å²) in [5.41, 5.74) is 7.01. The Hall–Kier alpha value is -1.82. The van der Waals surface area contributed by atoms with E-state index < -0.39 is 0 Å². The van der Waals surface area contributed by atoms with Gasteiger partial charge in [-0.2, -0.15) is 0 Å². The van der Waals surface area contributed by atoms with Gasteiger partial charge in [-0.15, -0.1) is 0 Å². The molecule has 1 aliphatic carbocycles. The molecule has 0 aromatic heterocycles. The third-order valence-corrected chi connectivity index (χ3v) is 6.47. The molecule has 3 rings (SSSR count). The van der Waals surface area contributed by atoms with E-state index in [4.69, 9.17) is 0 Å². The van der Waals surface area contributed by atoms with Gasteiger partial charge in [0.15, 0.2) is 0 Å². The Balaban J connectivity index is 1.60. The van der Waals surface area contributed by atoms with Crippen LogP contribution < -0.4 is 0 Å². The molecule has 27 heavy (non-hydrogen) atoms. The lowest BCUT2D eigenvalue weighted by Crippen LogP contribution is -2.14. The van der Waals surface area contributed by atoms with E-state index in [1.807, 2.05) is 0 Å². The summed E-state index contributed by atoms with van der Waals surface area (Å²) in [6, 6.07) is 18.2. The van der Waals surface area contributed by atoms with Gasteiger partial charge >= 0.3 is 0 Å². The van der Waals surface area contributed by atoms with Gasteiger partial charge in [-0.1, -0.05) is 101 Å². The minimum atomic E-state index is 0.878. The predicted molar refractivity (Wildman–Crippen MR) is 120 cm³/mol. The lowest BCUT2D eigenvalue weighted by Gasteiger charge is -2.27. The summed E-state index contributed by atoms with van der Waals surface area (Å²) in [5, 5.41) is 0. The maximum atomic E-state index is 2.52. The highest BCUT2D eigenvalue weighted by Gasteiger charge is 2.20. The molecule has 0 heterocycles. The number of allylic oxidation sites excluding steroid dienone is 2. The molecule has 2 aromatic carbocycles. The van der Waals surface area contributed by atoms with Crippen LogP contribution in [0.3, 0.4) is 0 Å². The van der Waals surface area contributed by atoms with Crippen molar-refractivity contribution in [1.82, 2.24) is 0 Å². The van der Waals surface area contributed by atoms with Crippen LogP contribution in [0.25, 0.3) is 16.7 Å². The molecule has 0 amide bonds. The van der Waals surface area contributed by atoms with Crippen molar-refractivity contribution in [2.24, 2.45) is 11.8 Å². The number of hydrogen-bond acceptors (Lipinski definition) is 0. The van der Waals surface area contributed by atoms with Crippen LogP contribution in [0.4, 0.5) is 0 Å². The average molecular weight is 361 g/mol. The molecule has 2 atom stereocenters. The van der Waals surface area contributed by atoms with Crippen LogP contribution in [0.1, 0.15) is 76.8 Å². The Kier molecular flexibility index (Phi) is 7.33. The molecule has 2 unspecified atom stereocenters. The van der Waals surface area contributed by atoms with Crippen molar-refractivity contribution in [2.45, 2.75) is 72.1 Å². The lowest BCUT2D eigenvalue weighted by atomic mass is 9.78. The van der Waals surface area contributed by atoms with E-state index in [1.165, 1.54) is 67.2 Å². The van der Waals surface area contributed by atoms with E-state index >= 15 is 0 Å². The average Bonchev–Trinajstić information content (AvgIpc) is 2.74. The fraction of sp³-hybridized carbons (Fsp3) is 0.481. The Morgan fingerprint density at radius 1 is 0.852 bits per heavy atom. The van der Waals surface area contributed by atoms with E-state index in [2.05, 4.69) is 75.4 Å². The van der Waals surface area contributed by atoms with Gasteiger partial charge in [0.05, 0.1) is 0 Å². The zero-order valence-corrected chi connectivity index (χ0v) is 17.5. The molecule has 0 nitrogen and oxygen atoms in total. The second-order valence-electron chi connectivity index (χ2n) is 8.36. The summed E-state index contributed by atoms with van der Waals surface area (Å²) in [6.07, 6.45) is 13.0. The molecule has 0 spiro atoms. The van der Waals surface area contributed by atoms with E-state index in [0.29, 0.717) is 0 Å². The molecular formula is C27H36. The third-order valence-electron chi connectivity index (χ3n) is 6.47. The van der Waals surface area contributed by atoms with Crippen molar-refractivity contribution in [3.8, 4) is 11.1 Å². The summed E-state index contributed by atoms with van der Waals surface area (Å²) in [4.78, 5) is 0. The van der Waals surface area contributed by atoms with Gasteiger partial charge < -0.3 is 0 Å². The Morgan fingerprint density at radius 3 is 2.04 bits per heavy atom. The Morgan fingerprint density at radius 2 is 1.48 bits per heavy atom. The lowest BCUT2D eigenvalue weighted by molar-refractivity contribution is 0.308. The van der Waals surface area contributed by atoms with Crippen molar-refractivity contribution in [3.05, 3.63) is 65.7 Å². The van der Waals surface area contributed by atoms with Crippen molar-refractivity contribution < 1.29 is 0 Å². The van der Waals surface area contributed by atoms with Crippen LogP contribution in [0.5, 0.6) is 0 Å². The molecule has 0 heteroatoms. The van der Waals surface area contributed by atoms with Crippen LogP contribution in [-0.4, -0.2) is 0 Å². The topological polar surface area (TPSA) is 0 Å². The van der Waals surface area contributed by atoms with Gasteiger partial charge in [0, 0.05) is 0 Å². The Bertz CT molecular complexity index is 718. The number of rotatable bonds is 8. The van der Waals surface area contributed by atoms with Gasteiger partial charge in [0.25, 0.3) is 0 Å². The maximum Gasteiger partial charge on any atom is -0.0184 e.